The summed E-state index contributed by atoms with van der Waals surface area (Å²) in [5.74, 6) is 0.718. The van der Waals surface area contributed by atoms with E-state index in [-0.39, 0.29) is 6.61 Å². The first kappa shape index (κ1) is 15.8. The van der Waals surface area contributed by atoms with Crippen LogP contribution < -0.4 is 9.04 Å². The molecule has 0 heterocycles. The van der Waals surface area contributed by atoms with Crippen molar-refractivity contribution in [3.8, 4) is 5.75 Å². The molecule has 0 saturated carbocycles. The number of nitrogens with zero attached hydrogens (tertiary/aromatic N) is 1. The van der Waals surface area contributed by atoms with Crippen molar-refractivity contribution < 1.29 is 18.3 Å². The predicted octanol–water partition coefficient (Wildman–Crippen LogP) is 1.62. The van der Waals surface area contributed by atoms with Crippen LogP contribution in [0.1, 0.15) is 19.8 Å². The first-order chi connectivity index (χ1) is 8.99. The van der Waals surface area contributed by atoms with Gasteiger partial charge in [-0.25, -0.2) is 8.42 Å². The van der Waals surface area contributed by atoms with Crippen molar-refractivity contribution in [1.29, 1.82) is 0 Å². The van der Waals surface area contributed by atoms with Crippen LogP contribution in [0.5, 0.6) is 5.75 Å². The van der Waals surface area contributed by atoms with E-state index in [2.05, 4.69) is 0 Å². The molecule has 0 aliphatic carbocycles. The van der Waals surface area contributed by atoms with Crippen LogP contribution in [0.2, 0.25) is 0 Å². The zero-order chi connectivity index (χ0) is 14.3. The highest BCUT2D eigenvalue weighted by Gasteiger charge is 2.16. The molecule has 0 bridgehead atoms. The summed E-state index contributed by atoms with van der Waals surface area (Å²) >= 11 is 0. The molecule has 0 amide bonds. The summed E-state index contributed by atoms with van der Waals surface area (Å²) in [5, 5.41) is 8.76. The number of aliphatic hydroxyl groups is 1. The molecule has 1 N–H and O–H groups in total. The van der Waals surface area contributed by atoms with E-state index >= 15 is 0 Å². The number of anilines is 1. The third kappa shape index (κ3) is 5.08. The van der Waals surface area contributed by atoms with Gasteiger partial charge in [-0.15, -0.1) is 0 Å². The Morgan fingerprint density at radius 1 is 1.21 bits per heavy atom. The molecule has 0 unspecified atom stereocenters. The number of unbranched alkanes of at least 4 members (excludes halogenated alkanes) is 1. The van der Waals surface area contributed by atoms with E-state index in [0.29, 0.717) is 31.7 Å². The summed E-state index contributed by atoms with van der Waals surface area (Å²) < 4.78 is 30.2. The summed E-state index contributed by atoms with van der Waals surface area (Å²) in [6.07, 6.45) is 2.39. The van der Waals surface area contributed by atoms with Crippen molar-refractivity contribution in [2.45, 2.75) is 19.8 Å². The summed E-state index contributed by atoms with van der Waals surface area (Å²) in [6.45, 7) is 2.91. The van der Waals surface area contributed by atoms with Crippen LogP contribution in [0.3, 0.4) is 0 Å². The first-order valence-electron chi connectivity index (χ1n) is 6.30. The van der Waals surface area contributed by atoms with Gasteiger partial charge in [0.25, 0.3) is 0 Å². The number of hydrogen-bond donors (Lipinski definition) is 1. The second kappa shape index (κ2) is 7.35. The highest BCUT2D eigenvalue weighted by molar-refractivity contribution is 7.92. The van der Waals surface area contributed by atoms with E-state index in [4.69, 9.17) is 9.84 Å². The molecule has 0 saturated heterocycles. The van der Waals surface area contributed by atoms with Crippen molar-refractivity contribution >= 4 is 15.7 Å². The van der Waals surface area contributed by atoms with Crippen LogP contribution in [0.4, 0.5) is 5.69 Å². The van der Waals surface area contributed by atoms with Gasteiger partial charge in [0.1, 0.15) is 5.75 Å². The van der Waals surface area contributed by atoms with Crippen molar-refractivity contribution in [1.82, 2.24) is 0 Å². The zero-order valence-electron chi connectivity index (χ0n) is 11.4. The predicted molar refractivity (Wildman–Crippen MR) is 76.1 cm³/mol. The monoisotopic (exact) mass is 287 g/mol. The Morgan fingerprint density at radius 2 is 1.84 bits per heavy atom. The standard InChI is InChI=1S/C13H21NO4S/c1-3-18-13-8-6-12(7-9-13)14(19(2,16)17)10-4-5-11-15/h6-9,15H,3-5,10-11H2,1-2H3. The van der Waals surface area contributed by atoms with Crippen LogP contribution in [0.15, 0.2) is 24.3 Å². The van der Waals surface area contributed by atoms with Gasteiger partial charge in [-0.2, -0.15) is 0 Å². The Balaban J connectivity index is 2.85. The minimum atomic E-state index is -3.31. The minimum absolute atomic E-state index is 0.0703. The fourth-order valence-electron chi connectivity index (χ4n) is 1.73. The lowest BCUT2D eigenvalue weighted by atomic mass is 10.2. The van der Waals surface area contributed by atoms with E-state index < -0.39 is 10.0 Å². The van der Waals surface area contributed by atoms with Crippen LogP contribution in [-0.4, -0.2) is 39.5 Å². The van der Waals surface area contributed by atoms with Crippen molar-refractivity contribution in [3.63, 3.8) is 0 Å². The van der Waals surface area contributed by atoms with E-state index in [1.165, 1.54) is 10.6 Å². The highest BCUT2D eigenvalue weighted by atomic mass is 32.2. The highest BCUT2D eigenvalue weighted by Crippen LogP contribution is 2.22. The Labute approximate surface area is 114 Å². The molecule has 0 aliphatic rings. The zero-order valence-corrected chi connectivity index (χ0v) is 12.2. The van der Waals surface area contributed by atoms with E-state index in [1.54, 1.807) is 24.3 Å². The quantitative estimate of drug-likeness (QED) is 0.738. The fourth-order valence-corrected chi connectivity index (χ4v) is 2.69. The Hall–Kier alpha value is -1.27. The van der Waals surface area contributed by atoms with Gasteiger partial charge in [-0.1, -0.05) is 0 Å². The lowest BCUT2D eigenvalue weighted by molar-refractivity contribution is 0.285. The van der Waals surface area contributed by atoms with Gasteiger partial charge in [0, 0.05) is 13.2 Å². The van der Waals surface area contributed by atoms with E-state index in [0.717, 1.165) is 5.75 Å². The molecular formula is C13H21NO4S. The SMILES string of the molecule is CCOc1ccc(N(CCCCO)S(C)(=O)=O)cc1. The molecule has 19 heavy (non-hydrogen) atoms. The molecule has 0 fully saturated rings. The number of rotatable bonds is 8. The smallest absolute Gasteiger partial charge is 0.232 e. The minimum Gasteiger partial charge on any atom is -0.494 e. The Morgan fingerprint density at radius 3 is 2.32 bits per heavy atom. The van der Waals surface area contributed by atoms with Gasteiger partial charge in [0.15, 0.2) is 0 Å². The second-order valence-electron chi connectivity index (χ2n) is 4.19. The van der Waals surface area contributed by atoms with Crippen LogP contribution in [-0.2, 0) is 10.0 Å². The maximum Gasteiger partial charge on any atom is 0.232 e. The van der Waals surface area contributed by atoms with Crippen LogP contribution in [0, 0.1) is 0 Å². The maximum atomic E-state index is 11.8. The molecule has 0 spiro atoms. The lowest BCUT2D eigenvalue weighted by Crippen LogP contribution is -2.30. The third-order valence-electron chi connectivity index (χ3n) is 2.61. The number of hydrogen-bond acceptors (Lipinski definition) is 4. The van der Waals surface area contributed by atoms with Crippen LogP contribution >= 0.6 is 0 Å². The molecule has 1 aromatic rings. The van der Waals surface area contributed by atoms with Gasteiger partial charge in [0.05, 0.1) is 18.6 Å². The topological polar surface area (TPSA) is 66.8 Å². The summed E-state index contributed by atoms with van der Waals surface area (Å²) in [4.78, 5) is 0. The van der Waals surface area contributed by atoms with Gasteiger partial charge >= 0.3 is 0 Å². The maximum absolute atomic E-state index is 11.8. The third-order valence-corrected chi connectivity index (χ3v) is 3.80. The molecule has 0 radical (unpaired) electrons. The second-order valence-corrected chi connectivity index (χ2v) is 6.10. The summed E-state index contributed by atoms with van der Waals surface area (Å²) in [6, 6.07) is 6.96. The Kier molecular flexibility index (Phi) is 6.11. The molecule has 5 nitrogen and oxygen atoms in total. The normalized spacial score (nSPS) is 11.3. The van der Waals surface area contributed by atoms with Crippen molar-refractivity contribution in [3.05, 3.63) is 24.3 Å². The average molecular weight is 287 g/mol. The van der Waals surface area contributed by atoms with Crippen LogP contribution in [0.25, 0.3) is 0 Å². The molecule has 0 atom stereocenters. The summed E-state index contributed by atoms with van der Waals surface area (Å²) in [5.41, 5.74) is 0.615. The molecule has 108 valence electrons. The first-order valence-corrected chi connectivity index (χ1v) is 8.15. The average Bonchev–Trinajstić information content (AvgIpc) is 2.35. The Bertz CT molecular complexity index is 470. The van der Waals surface area contributed by atoms with Gasteiger partial charge in [-0.05, 0) is 44.0 Å². The van der Waals surface area contributed by atoms with Gasteiger partial charge < -0.3 is 9.84 Å². The number of sulfonamides is 1. The number of benzene rings is 1. The van der Waals surface area contributed by atoms with E-state index in [9.17, 15) is 8.42 Å². The molecule has 0 aliphatic heterocycles. The van der Waals surface area contributed by atoms with Crippen molar-refractivity contribution in [2.24, 2.45) is 0 Å². The molecule has 1 rings (SSSR count). The van der Waals surface area contributed by atoms with Gasteiger partial charge in [-0.3, -0.25) is 4.31 Å². The lowest BCUT2D eigenvalue weighted by Gasteiger charge is -2.22. The number of ether oxygens (including phenoxy) is 1. The number of aliphatic hydroxyl groups excluding tert-OH is 1. The molecule has 1 aromatic carbocycles. The fraction of sp³-hybridized carbons (Fsp3) is 0.538. The molecule has 0 aromatic heterocycles. The molecular weight excluding hydrogens is 266 g/mol. The van der Waals surface area contributed by atoms with Crippen molar-refractivity contribution in [2.75, 3.05) is 30.3 Å². The van der Waals surface area contributed by atoms with E-state index in [1.807, 2.05) is 6.92 Å². The largest absolute Gasteiger partial charge is 0.494 e. The van der Waals surface area contributed by atoms with Gasteiger partial charge in [0.2, 0.25) is 10.0 Å². The molecule has 6 heteroatoms. The summed E-state index contributed by atoms with van der Waals surface area (Å²) in [7, 11) is -3.31.